The zero-order valence-electron chi connectivity index (χ0n) is 8.21. The highest BCUT2D eigenvalue weighted by molar-refractivity contribution is 5.86. The van der Waals surface area contributed by atoms with Crippen LogP contribution in [0, 0.1) is 11.8 Å². The minimum Gasteiger partial charge on any atom is -0.350 e. The molecule has 3 N–H and O–H groups in total. The molecule has 1 aliphatic rings. The highest BCUT2D eigenvalue weighted by Crippen LogP contribution is 2.26. The second-order valence-electron chi connectivity index (χ2n) is 4.01. The molecule has 0 aromatic heterocycles. The number of rotatable bonds is 1. The van der Waals surface area contributed by atoms with E-state index < -0.39 is 6.03 Å². The molecule has 4 nitrogen and oxygen atoms in total. The first-order valence-corrected chi connectivity index (χ1v) is 4.68. The Hall–Kier alpha value is -1.06. The summed E-state index contributed by atoms with van der Waals surface area (Å²) < 4.78 is 0. The number of carbonyl (C=O) groups excluding carboxylic acids is 1. The summed E-state index contributed by atoms with van der Waals surface area (Å²) in [6.45, 7) is 4.41. The summed E-state index contributed by atoms with van der Waals surface area (Å²) in [5.41, 5.74) is 8.27. The number of nitrogens with one attached hydrogen (secondary N) is 1. The molecule has 4 heteroatoms. The Balaban J connectivity index is 2.49. The van der Waals surface area contributed by atoms with Gasteiger partial charge in [-0.3, -0.25) is 0 Å². The van der Waals surface area contributed by atoms with Crippen molar-refractivity contribution in [2.24, 2.45) is 22.7 Å². The molecule has 1 rings (SSSR count). The Morgan fingerprint density at radius 3 is 2.46 bits per heavy atom. The van der Waals surface area contributed by atoms with E-state index in [-0.39, 0.29) is 0 Å². The molecule has 0 aromatic rings. The molecule has 1 aliphatic carbocycles. The number of primary amides is 1. The fourth-order valence-electron chi connectivity index (χ4n) is 1.97. The Morgan fingerprint density at radius 1 is 1.46 bits per heavy atom. The monoisotopic (exact) mass is 183 g/mol. The smallest absolute Gasteiger partial charge is 0.332 e. The summed E-state index contributed by atoms with van der Waals surface area (Å²) in [6, 6.07) is -0.585. The molecular weight excluding hydrogens is 166 g/mol. The second-order valence-corrected chi connectivity index (χ2v) is 4.01. The van der Waals surface area contributed by atoms with Crippen LogP contribution in [-0.4, -0.2) is 11.7 Å². The van der Waals surface area contributed by atoms with Gasteiger partial charge in [0.05, 0.1) is 0 Å². The van der Waals surface area contributed by atoms with E-state index >= 15 is 0 Å². The molecule has 0 heterocycles. The maximum Gasteiger partial charge on any atom is 0.332 e. The average Bonchev–Trinajstić information content (AvgIpc) is 1.99. The van der Waals surface area contributed by atoms with Gasteiger partial charge < -0.3 is 5.73 Å². The number of carbonyl (C=O) groups is 1. The topological polar surface area (TPSA) is 67.5 Å². The van der Waals surface area contributed by atoms with Gasteiger partial charge in [-0.05, 0) is 31.1 Å². The summed E-state index contributed by atoms with van der Waals surface area (Å²) in [4.78, 5) is 10.4. The fourth-order valence-corrected chi connectivity index (χ4v) is 1.97. The van der Waals surface area contributed by atoms with Gasteiger partial charge in [-0.25, -0.2) is 10.2 Å². The Morgan fingerprint density at radius 2 is 2.00 bits per heavy atom. The number of amides is 2. The number of hydrogen-bond acceptors (Lipinski definition) is 2. The highest BCUT2D eigenvalue weighted by atomic mass is 16.2. The predicted octanol–water partition coefficient (Wildman–Crippen LogP) is 1.47. The van der Waals surface area contributed by atoms with Crippen LogP contribution in [0.15, 0.2) is 5.10 Å². The van der Waals surface area contributed by atoms with Crippen molar-refractivity contribution in [3.8, 4) is 0 Å². The van der Waals surface area contributed by atoms with E-state index in [1.807, 2.05) is 0 Å². The van der Waals surface area contributed by atoms with Crippen LogP contribution in [0.25, 0.3) is 0 Å². The van der Waals surface area contributed by atoms with Crippen LogP contribution in [0.5, 0.6) is 0 Å². The number of nitrogens with zero attached hydrogens (tertiary/aromatic N) is 1. The van der Waals surface area contributed by atoms with Crippen molar-refractivity contribution in [2.75, 3.05) is 0 Å². The third-order valence-corrected chi connectivity index (χ3v) is 2.30. The lowest BCUT2D eigenvalue weighted by Crippen LogP contribution is -2.28. The molecule has 0 radical (unpaired) electrons. The Labute approximate surface area is 78.6 Å². The highest BCUT2D eigenvalue weighted by Gasteiger charge is 2.19. The van der Waals surface area contributed by atoms with Gasteiger partial charge in [0.25, 0.3) is 0 Å². The number of hydrazone groups is 1. The van der Waals surface area contributed by atoms with Crippen LogP contribution < -0.4 is 11.2 Å². The first kappa shape index (κ1) is 10.0. The zero-order valence-corrected chi connectivity index (χ0v) is 8.21. The van der Waals surface area contributed by atoms with Crippen LogP contribution in [0.1, 0.15) is 33.1 Å². The lowest BCUT2D eigenvalue weighted by atomic mass is 9.82. The standard InChI is InChI=1S/C9H17N3O/c1-6-3-7(2)5-8(4-6)11-12-9(10)13/h6-7H,3-5H2,1-2H3,(H3,10,12,13)/t6-,7-/m0/s1. The van der Waals surface area contributed by atoms with E-state index in [1.165, 1.54) is 6.42 Å². The molecule has 74 valence electrons. The zero-order chi connectivity index (χ0) is 9.84. The molecule has 13 heavy (non-hydrogen) atoms. The normalized spacial score (nSPS) is 28.3. The van der Waals surface area contributed by atoms with Gasteiger partial charge in [0.1, 0.15) is 0 Å². The number of hydrogen-bond donors (Lipinski definition) is 2. The lowest BCUT2D eigenvalue weighted by Gasteiger charge is -2.24. The Bertz CT molecular complexity index is 213. The predicted molar refractivity (Wildman–Crippen MR) is 52.3 cm³/mol. The third kappa shape index (κ3) is 3.44. The van der Waals surface area contributed by atoms with Gasteiger partial charge in [-0.15, -0.1) is 0 Å². The molecule has 1 fully saturated rings. The van der Waals surface area contributed by atoms with Crippen molar-refractivity contribution in [1.29, 1.82) is 0 Å². The van der Waals surface area contributed by atoms with E-state index in [0.29, 0.717) is 11.8 Å². The molecule has 0 aliphatic heterocycles. The summed E-state index contributed by atoms with van der Waals surface area (Å²) in [6.07, 6.45) is 3.20. The first-order valence-electron chi connectivity index (χ1n) is 4.68. The first-order chi connectivity index (χ1) is 6.08. The SMILES string of the molecule is C[C@@H]1CC(=NNC(N)=O)C[C@@H](C)C1. The van der Waals surface area contributed by atoms with E-state index in [9.17, 15) is 4.79 Å². The van der Waals surface area contributed by atoms with Crippen molar-refractivity contribution in [2.45, 2.75) is 33.1 Å². The molecule has 2 amide bonds. The molecule has 0 spiro atoms. The summed E-state index contributed by atoms with van der Waals surface area (Å²) >= 11 is 0. The van der Waals surface area contributed by atoms with E-state index in [1.54, 1.807) is 0 Å². The van der Waals surface area contributed by atoms with Crippen LogP contribution in [0.3, 0.4) is 0 Å². The van der Waals surface area contributed by atoms with Crippen LogP contribution in [0.2, 0.25) is 0 Å². The molecular formula is C9H17N3O. The Kier molecular flexibility index (Phi) is 3.28. The number of nitrogens with two attached hydrogens (primary N) is 1. The van der Waals surface area contributed by atoms with Gasteiger partial charge in [0, 0.05) is 5.71 Å². The second kappa shape index (κ2) is 4.25. The maximum absolute atomic E-state index is 10.4. The van der Waals surface area contributed by atoms with E-state index in [2.05, 4.69) is 24.4 Å². The van der Waals surface area contributed by atoms with Gasteiger partial charge >= 0.3 is 6.03 Å². The summed E-state index contributed by atoms with van der Waals surface area (Å²) in [5, 5.41) is 3.98. The van der Waals surface area contributed by atoms with Crippen LogP contribution in [0.4, 0.5) is 4.79 Å². The fraction of sp³-hybridized carbons (Fsp3) is 0.778. The minimum atomic E-state index is -0.585. The number of urea groups is 1. The lowest BCUT2D eigenvalue weighted by molar-refractivity contribution is 0.249. The van der Waals surface area contributed by atoms with Crippen molar-refractivity contribution < 1.29 is 4.79 Å². The molecule has 0 bridgehead atoms. The largest absolute Gasteiger partial charge is 0.350 e. The maximum atomic E-state index is 10.4. The van der Waals surface area contributed by atoms with Gasteiger partial charge in [-0.2, -0.15) is 5.10 Å². The van der Waals surface area contributed by atoms with Crippen LogP contribution in [-0.2, 0) is 0 Å². The van der Waals surface area contributed by atoms with Crippen molar-refractivity contribution in [3.05, 3.63) is 0 Å². The van der Waals surface area contributed by atoms with Crippen LogP contribution >= 0.6 is 0 Å². The average molecular weight is 183 g/mol. The molecule has 1 saturated carbocycles. The van der Waals surface area contributed by atoms with Crippen molar-refractivity contribution >= 4 is 11.7 Å². The van der Waals surface area contributed by atoms with Crippen molar-refractivity contribution in [1.82, 2.24) is 5.43 Å². The molecule has 0 aromatic carbocycles. The van der Waals surface area contributed by atoms with E-state index in [4.69, 9.17) is 5.73 Å². The van der Waals surface area contributed by atoms with Gasteiger partial charge in [0.15, 0.2) is 0 Å². The third-order valence-electron chi connectivity index (χ3n) is 2.30. The van der Waals surface area contributed by atoms with Gasteiger partial charge in [0.2, 0.25) is 0 Å². The summed E-state index contributed by atoms with van der Waals surface area (Å²) in [7, 11) is 0. The van der Waals surface area contributed by atoms with Gasteiger partial charge in [-0.1, -0.05) is 13.8 Å². The molecule has 2 atom stereocenters. The quantitative estimate of drug-likeness (QED) is 0.594. The minimum absolute atomic E-state index is 0.585. The summed E-state index contributed by atoms with van der Waals surface area (Å²) in [5.74, 6) is 1.33. The van der Waals surface area contributed by atoms with Crippen molar-refractivity contribution in [3.63, 3.8) is 0 Å². The van der Waals surface area contributed by atoms with E-state index in [0.717, 1.165) is 18.6 Å². The molecule has 0 unspecified atom stereocenters. The molecule has 0 saturated heterocycles.